The van der Waals surface area contributed by atoms with Crippen molar-refractivity contribution < 1.29 is 23.0 Å². The third kappa shape index (κ3) is 3.66. The van der Waals surface area contributed by atoms with Gasteiger partial charge in [0.25, 0.3) is 5.88 Å². The summed E-state index contributed by atoms with van der Waals surface area (Å²) in [6, 6.07) is 6.33. The van der Waals surface area contributed by atoms with Gasteiger partial charge in [0.15, 0.2) is 5.76 Å². The Hall–Kier alpha value is -1.86. The Balaban J connectivity index is 2.32. The molecule has 0 amide bonds. The van der Waals surface area contributed by atoms with E-state index < -0.39 is 27.4 Å². The molecule has 0 fully saturated rings. The number of aromatic hydroxyl groups is 2. The number of nitrogens with one attached hydrogen (secondary N) is 1. The standard InChI is InChI=1S/C14H16ClNO5S/c1-2-3-8-22(19,20)16-14-12(18)11(17)13(21-14)9-4-6-10(15)7-5-9/h4-7,16-18H,2-3,8H2,1H3. The van der Waals surface area contributed by atoms with Crippen molar-refractivity contribution in [3.05, 3.63) is 29.3 Å². The van der Waals surface area contributed by atoms with Gasteiger partial charge in [0, 0.05) is 10.6 Å². The molecule has 1 aromatic carbocycles. The zero-order valence-corrected chi connectivity index (χ0v) is 13.4. The average molecular weight is 346 g/mol. The molecule has 1 aromatic heterocycles. The molecule has 1 heterocycles. The maximum Gasteiger partial charge on any atom is 0.253 e. The summed E-state index contributed by atoms with van der Waals surface area (Å²) in [6.07, 6.45) is 1.19. The van der Waals surface area contributed by atoms with Gasteiger partial charge < -0.3 is 14.6 Å². The SMILES string of the molecule is CCCCS(=O)(=O)Nc1oc(-c2ccc(Cl)cc2)c(O)c1O. The van der Waals surface area contributed by atoms with Gasteiger partial charge >= 0.3 is 0 Å². The van der Waals surface area contributed by atoms with Crippen LogP contribution in [0.15, 0.2) is 28.7 Å². The van der Waals surface area contributed by atoms with Crippen LogP contribution in [-0.4, -0.2) is 24.4 Å². The highest BCUT2D eigenvalue weighted by Gasteiger charge is 2.24. The zero-order valence-electron chi connectivity index (χ0n) is 11.8. The first-order chi connectivity index (χ1) is 10.3. The molecule has 0 radical (unpaired) electrons. The van der Waals surface area contributed by atoms with Gasteiger partial charge in [-0.2, -0.15) is 0 Å². The third-order valence-electron chi connectivity index (χ3n) is 2.98. The summed E-state index contributed by atoms with van der Waals surface area (Å²) in [5, 5.41) is 20.2. The van der Waals surface area contributed by atoms with Crippen molar-refractivity contribution in [3.8, 4) is 22.8 Å². The van der Waals surface area contributed by atoms with Crippen LogP contribution in [0.25, 0.3) is 11.3 Å². The van der Waals surface area contributed by atoms with Crippen LogP contribution in [0.2, 0.25) is 5.02 Å². The lowest BCUT2D eigenvalue weighted by atomic mass is 10.1. The van der Waals surface area contributed by atoms with Gasteiger partial charge in [0.2, 0.25) is 21.5 Å². The molecule has 2 aromatic rings. The van der Waals surface area contributed by atoms with Crippen LogP contribution in [-0.2, 0) is 10.0 Å². The minimum Gasteiger partial charge on any atom is -0.502 e. The van der Waals surface area contributed by atoms with Crippen molar-refractivity contribution in [1.82, 2.24) is 0 Å². The molecule has 0 saturated carbocycles. The maximum atomic E-state index is 11.8. The van der Waals surface area contributed by atoms with E-state index in [-0.39, 0.29) is 11.5 Å². The van der Waals surface area contributed by atoms with Crippen LogP contribution in [0, 0.1) is 0 Å². The molecule has 0 spiro atoms. The highest BCUT2D eigenvalue weighted by Crippen LogP contribution is 2.45. The molecule has 3 N–H and O–H groups in total. The topological polar surface area (TPSA) is 99.8 Å². The zero-order chi connectivity index (χ0) is 16.3. The molecule has 0 aliphatic heterocycles. The van der Waals surface area contributed by atoms with E-state index in [0.717, 1.165) is 0 Å². The second-order valence-electron chi connectivity index (χ2n) is 4.74. The van der Waals surface area contributed by atoms with Crippen molar-refractivity contribution in [2.24, 2.45) is 0 Å². The second kappa shape index (κ2) is 6.50. The summed E-state index contributed by atoms with van der Waals surface area (Å²) >= 11 is 5.78. The summed E-state index contributed by atoms with van der Waals surface area (Å²) < 4.78 is 31.0. The predicted molar refractivity (Wildman–Crippen MR) is 84.8 cm³/mol. The number of furan rings is 1. The summed E-state index contributed by atoms with van der Waals surface area (Å²) in [7, 11) is -3.65. The van der Waals surface area contributed by atoms with Gasteiger partial charge in [-0.1, -0.05) is 24.9 Å². The Bertz CT molecular complexity index is 752. The molecule has 0 aliphatic carbocycles. The predicted octanol–water partition coefficient (Wildman–Crippen LogP) is 3.55. The molecule has 6 nitrogen and oxygen atoms in total. The molecule has 8 heteroatoms. The number of hydrogen-bond donors (Lipinski definition) is 3. The number of halogens is 1. The smallest absolute Gasteiger partial charge is 0.253 e. The molecule has 120 valence electrons. The Kier molecular flexibility index (Phi) is 4.87. The third-order valence-corrected chi connectivity index (χ3v) is 4.55. The number of benzene rings is 1. The fourth-order valence-corrected chi connectivity index (χ4v) is 3.12. The number of unbranched alkanes of at least 4 members (excludes halogenated alkanes) is 1. The molecular formula is C14H16ClNO5S. The second-order valence-corrected chi connectivity index (χ2v) is 7.02. The monoisotopic (exact) mass is 345 g/mol. The molecule has 0 atom stereocenters. The Morgan fingerprint density at radius 3 is 2.41 bits per heavy atom. The summed E-state index contributed by atoms with van der Waals surface area (Å²) in [4.78, 5) is 0. The minimum atomic E-state index is -3.65. The van der Waals surface area contributed by atoms with Gasteiger partial charge in [-0.25, -0.2) is 13.1 Å². The summed E-state index contributed by atoms with van der Waals surface area (Å²) in [5.74, 6) is -1.72. The van der Waals surface area contributed by atoms with Crippen LogP contribution in [0.3, 0.4) is 0 Å². The molecule has 0 bridgehead atoms. The fourth-order valence-electron chi connectivity index (χ4n) is 1.81. The quantitative estimate of drug-likeness (QED) is 0.743. The molecular weight excluding hydrogens is 330 g/mol. The van der Waals surface area contributed by atoms with E-state index in [9.17, 15) is 18.6 Å². The number of anilines is 1. The first kappa shape index (κ1) is 16.5. The highest BCUT2D eigenvalue weighted by atomic mass is 35.5. The van der Waals surface area contributed by atoms with Crippen LogP contribution < -0.4 is 4.72 Å². The van der Waals surface area contributed by atoms with E-state index in [0.29, 0.717) is 23.4 Å². The highest BCUT2D eigenvalue weighted by molar-refractivity contribution is 7.92. The molecule has 0 aliphatic rings. The number of rotatable bonds is 6. The minimum absolute atomic E-state index is 0.0395. The Morgan fingerprint density at radius 1 is 1.18 bits per heavy atom. The lowest BCUT2D eigenvalue weighted by molar-refractivity contribution is 0.410. The maximum absolute atomic E-state index is 11.8. The largest absolute Gasteiger partial charge is 0.502 e. The number of sulfonamides is 1. The first-order valence-corrected chi connectivity index (χ1v) is 8.68. The Morgan fingerprint density at radius 2 is 1.82 bits per heavy atom. The molecule has 0 saturated heterocycles. The Labute approximate surface area is 133 Å². The normalized spacial score (nSPS) is 11.5. The van der Waals surface area contributed by atoms with E-state index in [1.165, 1.54) is 0 Å². The molecule has 0 unspecified atom stereocenters. The van der Waals surface area contributed by atoms with Crippen molar-refractivity contribution in [2.75, 3.05) is 10.5 Å². The van der Waals surface area contributed by atoms with Gasteiger partial charge in [-0.3, -0.25) is 0 Å². The van der Waals surface area contributed by atoms with Gasteiger partial charge in [-0.15, -0.1) is 0 Å². The van der Waals surface area contributed by atoms with Crippen LogP contribution in [0.1, 0.15) is 19.8 Å². The van der Waals surface area contributed by atoms with E-state index in [4.69, 9.17) is 16.0 Å². The fraction of sp³-hybridized carbons (Fsp3) is 0.286. The van der Waals surface area contributed by atoms with Crippen molar-refractivity contribution >= 4 is 27.5 Å². The van der Waals surface area contributed by atoms with Crippen molar-refractivity contribution in [1.29, 1.82) is 0 Å². The number of hydrogen-bond acceptors (Lipinski definition) is 5. The first-order valence-electron chi connectivity index (χ1n) is 6.65. The van der Waals surface area contributed by atoms with Crippen LogP contribution in [0.5, 0.6) is 11.5 Å². The van der Waals surface area contributed by atoms with E-state index in [2.05, 4.69) is 4.72 Å². The average Bonchev–Trinajstić information content (AvgIpc) is 2.74. The van der Waals surface area contributed by atoms with Crippen molar-refractivity contribution in [3.63, 3.8) is 0 Å². The van der Waals surface area contributed by atoms with Crippen LogP contribution >= 0.6 is 11.6 Å². The lowest BCUT2D eigenvalue weighted by Crippen LogP contribution is -2.16. The van der Waals surface area contributed by atoms with Crippen LogP contribution in [0.4, 0.5) is 5.88 Å². The summed E-state index contributed by atoms with van der Waals surface area (Å²) in [6.45, 7) is 1.87. The van der Waals surface area contributed by atoms with E-state index >= 15 is 0 Å². The van der Waals surface area contributed by atoms with E-state index in [1.807, 2.05) is 6.92 Å². The summed E-state index contributed by atoms with van der Waals surface area (Å²) in [5.41, 5.74) is 0.455. The lowest BCUT2D eigenvalue weighted by Gasteiger charge is -2.04. The molecule has 2 rings (SSSR count). The van der Waals surface area contributed by atoms with Gasteiger partial charge in [0.1, 0.15) is 0 Å². The van der Waals surface area contributed by atoms with Gasteiger partial charge in [-0.05, 0) is 30.7 Å². The van der Waals surface area contributed by atoms with E-state index in [1.54, 1.807) is 24.3 Å². The van der Waals surface area contributed by atoms with Crippen molar-refractivity contribution in [2.45, 2.75) is 19.8 Å². The van der Waals surface area contributed by atoms with Gasteiger partial charge in [0.05, 0.1) is 5.75 Å². The molecule has 22 heavy (non-hydrogen) atoms.